The Morgan fingerprint density at radius 2 is 1.50 bits per heavy atom. The van der Waals surface area contributed by atoms with Gasteiger partial charge in [0.15, 0.2) is 0 Å². The minimum absolute atomic E-state index is 0.378. The van der Waals surface area contributed by atoms with Gasteiger partial charge in [-0.3, -0.25) is 0 Å². The van der Waals surface area contributed by atoms with E-state index < -0.39 is 0 Å². The van der Waals surface area contributed by atoms with E-state index in [0.717, 1.165) is 24.2 Å². The van der Waals surface area contributed by atoms with Crippen molar-refractivity contribution >= 4 is 0 Å². The van der Waals surface area contributed by atoms with Crippen LogP contribution in [-0.2, 0) is 6.42 Å². The molecule has 1 nitrogen and oxygen atoms in total. The summed E-state index contributed by atoms with van der Waals surface area (Å²) in [6.07, 6.45) is 9.68. The molecule has 2 aliphatic carbocycles. The van der Waals surface area contributed by atoms with E-state index in [9.17, 15) is 0 Å². The van der Waals surface area contributed by atoms with Gasteiger partial charge in [-0.15, -0.1) is 0 Å². The summed E-state index contributed by atoms with van der Waals surface area (Å²) in [5.41, 5.74) is 7.98. The maximum atomic E-state index is 6.57. The van der Waals surface area contributed by atoms with Crippen molar-refractivity contribution in [2.45, 2.75) is 51.0 Å². The highest BCUT2D eigenvalue weighted by molar-refractivity contribution is 5.16. The lowest BCUT2D eigenvalue weighted by Crippen LogP contribution is -2.45. The maximum Gasteiger partial charge on any atom is 0.0113 e. The Morgan fingerprint density at radius 3 is 1.94 bits per heavy atom. The van der Waals surface area contributed by atoms with E-state index in [0.29, 0.717) is 6.04 Å². The normalized spacial score (nSPS) is 22.6. The quantitative estimate of drug-likeness (QED) is 0.837. The molecule has 2 aliphatic rings. The molecule has 2 fully saturated rings. The third-order valence-electron chi connectivity index (χ3n) is 5.20. The van der Waals surface area contributed by atoms with Crippen LogP contribution in [0.1, 0.15) is 44.1 Å². The van der Waals surface area contributed by atoms with Crippen molar-refractivity contribution in [3.8, 4) is 0 Å². The van der Waals surface area contributed by atoms with Gasteiger partial charge in [0.1, 0.15) is 0 Å². The molecule has 98 valence electrons. The molecule has 1 heteroatoms. The van der Waals surface area contributed by atoms with E-state index in [2.05, 4.69) is 30.3 Å². The summed E-state index contributed by atoms with van der Waals surface area (Å²) in [5, 5.41) is 0. The van der Waals surface area contributed by atoms with Gasteiger partial charge in [-0.05, 0) is 29.7 Å². The topological polar surface area (TPSA) is 26.0 Å². The summed E-state index contributed by atoms with van der Waals surface area (Å²) in [6, 6.07) is 11.2. The molecule has 1 unspecified atom stereocenters. The second kappa shape index (κ2) is 5.44. The van der Waals surface area contributed by atoms with E-state index >= 15 is 0 Å². The highest BCUT2D eigenvalue weighted by Crippen LogP contribution is 2.46. The number of benzene rings is 1. The van der Waals surface area contributed by atoms with Gasteiger partial charge in [0, 0.05) is 6.04 Å². The average molecular weight is 243 g/mol. The van der Waals surface area contributed by atoms with Crippen molar-refractivity contribution < 1.29 is 0 Å². The molecular formula is C17H25N. The van der Waals surface area contributed by atoms with Crippen LogP contribution in [0.2, 0.25) is 0 Å². The van der Waals surface area contributed by atoms with E-state index in [1.165, 1.54) is 44.1 Å². The fraction of sp³-hybridized carbons (Fsp3) is 0.647. The Balaban J connectivity index is 1.65. The van der Waals surface area contributed by atoms with Gasteiger partial charge in [0.2, 0.25) is 0 Å². The minimum Gasteiger partial charge on any atom is -0.327 e. The van der Waals surface area contributed by atoms with Crippen LogP contribution in [-0.4, -0.2) is 6.04 Å². The monoisotopic (exact) mass is 243 g/mol. The van der Waals surface area contributed by atoms with Crippen molar-refractivity contribution in [1.82, 2.24) is 0 Å². The third kappa shape index (κ3) is 2.47. The van der Waals surface area contributed by atoms with Crippen LogP contribution in [0.25, 0.3) is 0 Å². The summed E-state index contributed by atoms with van der Waals surface area (Å²) in [6.45, 7) is 0. The van der Waals surface area contributed by atoms with Crippen LogP contribution < -0.4 is 5.73 Å². The van der Waals surface area contributed by atoms with Crippen LogP contribution in [0.4, 0.5) is 0 Å². The van der Waals surface area contributed by atoms with E-state index in [4.69, 9.17) is 5.73 Å². The Morgan fingerprint density at radius 1 is 0.944 bits per heavy atom. The molecule has 0 aliphatic heterocycles. The lowest BCUT2D eigenvalue weighted by Gasteiger charge is -2.45. The fourth-order valence-electron chi connectivity index (χ4n) is 3.76. The zero-order chi connectivity index (χ0) is 12.4. The van der Waals surface area contributed by atoms with Crippen molar-refractivity contribution in [3.63, 3.8) is 0 Å². The smallest absolute Gasteiger partial charge is 0.0113 e. The molecule has 0 spiro atoms. The predicted octanol–water partition coefficient (Wildman–Crippen LogP) is 3.77. The Hall–Kier alpha value is -0.820. The number of rotatable bonds is 5. The largest absolute Gasteiger partial charge is 0.327 e. The maximum absolute atomic E-state index is 6.57. The highest BCUT2D eigenvalue weighted by atomic mass is 14.7. The first-order valence-electron chi connectivity index (χ1n) is 7.64. The molecule has 1 aromatic carbocycles. The second-order valence-corrected chi connectivity index (χ2v) is 6.31. The zero-order valence-corrected chi connectivity index (χ0v) is 11.2. The van der Waals surface area contributed by atoms with Crippen molar-refractivity contribution in [2.75, 3.05) is 0 Å². The van der Waals surface area contributed by atoms with Gasteiger partial charge in [0.05, 0.1) is 0 Å². The lowest BCUT2D eigenvalue weighted by atomic mass is 9.61. The van der Waals surface area contributed by atoms with Gasteiger partial charge in [-0.1, -0.05) is 68.9 Å². The Kier molecular flexibility index (Phi) is 3.69. The fourth-order valence-corrected chi connectivity index (χ4v) is 3.76. The minimum atomic E-state index is 0.378. The molecule has 0 heterocycles. The van der Waals surface area contributed by atoms with Crippen molar-refractivity contribution in [1.29, 1.82) is 0 Å². The number of hydrogen-bond acceptors (Lipinski definition) is 1. The van der Waals surface area contributed by atoms with Crippen LogP contribution in [0.5, 0.6) is 0 Å². The van der Waals surface area contributed by atoms with Gasteiger partial charge in [-0.2, -0.15) is 0 Å². The molecule has 0 bridgehead atoms. The summed E-state index contributed by atoms with van der Waals surface area (Å²) in [5.74, 6) is 2.68. The van der Waals surface area contributed by atoms with Crippen LogP contribution >= 0.6 is 0 Å². The van der Waals surface area contributed by atoms with Crippen LogP contribution in [0, 0.1) is 17.8 Å². The Bertz CT molecular complexity index is 350. The summed E-state index contributed by atoms with van der Waals surface area (Å²) in [4.78, 5) is 0. The van der Waals surface area contributed by atoms with Gasteiger partial charge in [-0.25, -0.2) is 0 Å². The second-order valence-electron chi connectivity index (χ2n) is 6.31. The third-order valence-corrected chi connectivity index (χ3v) is 5.20. The molecule has 1 atom stereocenters. The van der Waals surface area contributed by atoms with E-state index in [1.54, 1.807) is 0 Å². The first kappa shape index (κ1) is 12.2. The molecule has 2 N–H and O–H groups in total. The molecule has 18 heavy (non-hydrogen) atoms. The molecule has 3 rings (SSSR count). The summed E-state index contributed by atoms with van der Waals surface area (Å²) in [7, 11) is 0. The van der Waals surface area contributed by atoms with Gasteiger partial charge >= 0.3 is 0 Å². The first-order valence-corrected chi connectivity index (χ1v) is 7.64. The van der Waals surface area contributed by atoms with Gasteiger partial charge in [0.25, 0.3) is 0 Å². The van der Waals surface area contributed by atoms with Crippen LogP contribution in [0.15, 0.2) is 30.3 Å². The van der Waals surface area contributed by atoms with Crippen LogP contribution in [0.3, 0.4) is 0 Å². The zero-order valence-electron chi connectivity index (χ0n) is 11.2. The molecule has 1 aromatic rings. The predicted molar refractivity (Wildman–Crippen MR) is 76.3 cm³/mol. The van der Waals surface area contributed by atoms with E-state index in [1.807, 2.05) is 0 Å². The number of hydrogen-bond donors (Lipinski definition) is 1. The number of nitrogens with two attached hydrogens (primary N) is 1. The Labute approximate surface area is 111 Å². The molecule has 0 saturated heterocycles. The summed E-state index contributed by atoms with van der Waals surface area (Å²) < 4.78 is 0. The highest BCUT2D eigenvalue weighted by Gasteiger charge is 2.39. The molecular weight excluding hydrogens is 218 g/mol. The molecule has 0 amide bonds. The SMILES string of the molecule is NC(Cc1ccccc1)C(C1CCC1)C1CCC1. The lowest BCUT2D eigenvalue weighted by molar-refractivity contribution is 0.0715. The first-order chi connectivity index (χ1) is 8.84. The van der Waals surface area contributed by atoms with Gasteiger partial charge < -0.3 is 5.73 Å². The van der Waals surface area contributed by atoms with Crippen molar-refractivity contribution in [2.24, 2.45) is 23.5 Å². The van der Waals surface area contributed by atoms with E-state index in [-0.39, 0.29) is 0 Å². The average Bonchev–Trinajstić information content (AvgIpc) is 2.24. The van der Waals surface area contributed by atoms with Crippen molar-refractivity contribution in [3.05, 3.63) is 35.9 Å². The standard InChI is InChI=1S/C17H25N/c18-16(12-13-6-2-1-3-7-13)17(14-8-4-9-14)15-10-5-11-15/h1-3,6-7,14-17H,4-5,8-12,18H2. The molecule has 2 saturated carbocycles. The molecule has 0 radical (unpaired) electrons. The summed E-state index contributed by atoms with van der Waals surface area (Å²) >= 11 is 0. The molecule has 0 aromatic heterocycles.